The molecule has 1 N–H and O–H groups in total. The average Bonchev–Trinajstić information content (AvgIpc) is 3.25. The molecule has 8 heteroatoms. The van der Waals surface area contributed by atoms with Crippen LogP contribution in [0.5, 0.6) is 0 Å². The Balaban J connectivity index is 1.67. The van der Waals surface area contributed by atoms with E-state index in [1.165, 1.54) is 24.3 Å². The highest BCUT2D eigenvalue weighted by atomic mass is 32.2. The van der Waals surface area contributed by atoms with Gasteiger partial charge in [0.25, 0.3) is 5.91 Å². The molecule has 0 aliphatic heterocycles. The summed E-state index contributed by atoms with van der Waals surface area (Å²) in [5.41, 5.74) is 4.08. The van der Waals surface area contributed by atoms with Crippen molar-refractivity contribution in [3.05, 3.63) is 102 Å². The van der Waals surface area contributed by atoms with Gasteiger partial charge in [0.1, 0.15) is 11.5 Å². The SMILES string of the molecule is Cc1cccc(-c2nn(-c3ccc(F)cc3)cc2C(=O)NC(C)c2ccc(S(C)(=O)=O)cc2)c1. The summed E-state index contributed by atoms with van der Waals surface area (Å²) < 4.78 is 38.4. The molecule has 0 aliphatic rings. The number of nitrogens with one attached hydrogen (secondary N) is 1. The molecule has 0 saturated heterocycles. The molecule has 174 valence electrons. The van der Waals surface area contributed by atoms with Crippen LogP contribution < -0.4 is 5.32 Å². The molecule has 0 bridgehead atoms. The molecule has 3 aromatic carbocycles. The van der Waals surface area contributed by atoms with Gasteiger partial charge in [0, 0.05) is 18.0 Å². The first kappa shape index (κ1) is 23.4. The highest BCUT2D eigenvalue weighted by molar-refractivity contribution is 7.90. The third-order valence-corrected chi connectivity index (χ3v) is 6.63. The Labute approximate surface area is 198 Å². The minimum absolute atomic E-state index is 0.220. The van der Waals surface area contributed by atoms with Crippen molar-refractivity contribution < 1.29 is 17.6 Å². The Morgan fingerprint density at radius 1 is 1.03 bits per heavy atom. The van der Waals surface area contributed by atoms with Crippen molar-refractivity contribution in [2.24, 2.45) is 0 Å². The number of rotatable bonds is 6. The van der Waals surface area contributed by atoms with E-state index in [9.17, 15) is 17.6 Å². The second-order valence-electron chi connectivity index (χ2n) is 8.22. The van der Waals surface area contributed by atoms with Gasteiger partial charge in [-0.1, -0.05) is 35.9 Å². The van der Waals surface area contributed by atoms with E-state index in [1.54, 1.807) is 35.1 Å². The Hall–Kier alpha value is -3.78. The molecule has 1 amide bonds. The largest absolute Gasteiger partial charge is 0.345 e. The predicted molar refractivity (Wildman–Crippen MR) is 129 cm³/mol. The molecule has 0 spiro atoms. The Morgan fingerprint density at radius 3 is 2.32 bits per heavy atom. The van der Waals surface area contributed by atoms with Gasteiger partial charge in [-0.2, -0.15) is 5.10 Å². The second-order valence-corrected chi connectivity index (χ2v) is 10.2. The Bertz CT molecular complexity index is 1440. The summed E-state index contributed by atoms with van der Waals surface area (Å²) in [5.74, 6) is -0.687. The number of hydrogen-bond acceptors (Lipinski definition) is 4. The molecule has 1 heterocycles. The van der Waals surface area contributed by atoms with Crippen LogP contribution in [0.25, 0.3) is 16.9 Å². The van der Waals surface area contributed by atoms with E-state index in [2.05, 4.69) is 10.4 Å². The van der Waals surface area contributed by atoms with Crippen LogP contribution >= 0.6 is 0 Å². The molecule has 0 radical (unpaired) electrons. The molecule has 1 atom stereocenters. The second kappa shape index (κ2) is 9.23. The molecule has 0 saturated carbocycles. The topological polar surface area (TPSA) is 81.1 Å². The Kier molecular flexibility index (Phi) is 6.34. The summed E-state index contributed by atoms with van der Waals surface area (Å²) in [5, 5.41) is 7.60. The maximum absolute atomic E-state index is 13.4. The molecule has 34 heavy (non-hydrogen) atoms. The zero-order chi connectivity index (χ0) is 24.5. The van der Waals surface area contributed by atoms with E-state index in [0.717, 1.165) is 22.9 Å². The highest BCUT2D eigenvalue weighted by Gasteiger charge is 2.21. The summed E-state index contributed by atoms with van der Waals surface area (Å²) in [6, 6.07) is 19.6. The number of hydrogen-bond donors (Lipinski definition) is 1. The number of carbonyl (C=O) groups excluding carboxylic acids is 1. The molecule has 1 unspecified atom stereocenters. The number of amides is 1. The monoisotopic (exact) mass is 477 g/mol. The van der Waals surface area contributed by atoms with Gasteiger partial charge in [-0.25, -0.2) is 17.5 Å². The van der Waals surface area contributed by atoms with Crippen molar-refractivity contribution in [1.82, 2.24) is 15.1 Å². The molecule has 0 aliphatic carbocycles. The molecule has 0 fully saturated rings. The lowest BCUT2D eigenvalue weighted by molar-refractivity contribution is 0.0940. The standard InChI is InChI=1S/C26H24FN3O3S/c1-17-5-4-6-20(15-17)25-24(16-30(29-25)22-11-9-21(27)10-12-22)26(31)28-18(2)19-7-13-23(14-8-19)34(3,32)33/h4-16,18H,1-3H3,(H,28,31). The number of aromatic nitrogens is 2. The van der Waals surface area contributed by atoms with Gasteiger partial charge >= 0.3 is 0 Å². The summed E-state index contributed by atoms with van der Waals surface area (Å²) in [7, 11) is -3.30. The van der Waals surface area contributed by atoms with E-state index in [-0.39, 0.29) is 22.7 Å². The van der Waals surface area contributed by atoms with Crippen LogP contribution in [0.3, 0.4) is 0 Å². The summed E-state index contributed by atoms with van der Waals surface area (Å²) >= 11 is 0. The highest BCUT2D eigenvalue weighted by Crippen LogP contribution is 2.26. The number of carbonyl (C=O) groups is 1. The van der Waals surface area contributed by atoms with Crippen LogP contribution in [0.4, 0.5) is 4.39 Å². The lowest BCUT2D eigenvalue weighted by Crippen LogP contribution is -2.26. The van der Waals surface area contributed by atoms with E-state index in [1.807, 2.05) is 38.1 Å². The van der Waals surface area contributed by atoms with Gasteiger partial charge in [0.2, 0.25) is 0 Å². The molecule has 6 nitrogen and oxygen atoms in total. The fraction of sp³-hybridized carbons (Fsp3) is 0.154. The van der Waals surface area contributed by atoms with Crippen molar-refractivity contribution in [2.45, 2.75) is 24.8 Å². The quantitative estimate of drug-likeness (QED) is 0.429. The minimum Gasteiger partial charge on any atom is -0.345 e. The molecular formula is C26H24FN3O3S. The molecule has 4 rings (SSSR count). The van der Waals surface area contributed by atoms with E-state index < -0.39 is 9.84 Å². The summed E-state index contributed by atoms with van der Waals surface area (Å²) in [6.07, 6.45) is 2.78. The lowest BCUT2D eigenvalue weighted by Gasteiger charge is -2.15. The van der Waals surface area contributed by atoms with Crippen molar-refractivity contribution in [3.8, 4) is 16.9 Å². The van der Waals surface area contributed by atoms with E-state index >= 15 is 0 Å². The van der Waals surface area contributed by atoms with Gasteiger partial charge < -0.3 is 5.32 Å². The van der Waals surface area contributed by atoms with Crippen LogP contribution in [0.2, 0.25) is 0 Å². The zero-order valence-electron chi connectivity index (χ0n) is 19.0. The number of sulfone groups is 1. The molecular weight excluding hydrogens is 453 g/mol. The maximum Gasteiger partial charge on any atom is 0.255 e. The van der Waals surface area contributed by atoms with Crippen molar-refractivity contribution >= 4 is 15.7 Å². The van der Waals surface area contributed by atoms with Crippen LogP contribution in [0, 0.1) is 12.7 Å². The fourth-order valence-corrected chi connectivity index (χ4v) is 4.26. The van der Waals surface area contributed by atoms with Crippen molar-refractivity contribution in [2.75, 3.05) is 6.26 Å². The predicted octanol–water partition coefficient (Wildman–Crippen LogP) is 4.88. The first-order valence-electron chi connectivity index (χ1n) is 10.7. The third-order valence-electron chi connectivity index (χ3n) is 5.50. The zero-order valence-corrected chi connectivity index (χ0v) is 19.8. The van der Waals surface area contributed by atoms with Crippen molar-refractivity contribution in [3.63, 3.8) is 0 Å². The smallest absolute Gasteiger partial charge is 0.255 e. The third kappa shape index (κ3) is 5.07. The number of aryl methyl sites for hydroxylation is 1. The average molecular weight is 478 g/mol. The number of benzene rings is 3. The minimum atomic E-state index is -3.30. The van der Waals surface area contributed by atoms with Gasteiger partial charge in [-0.05, 0) is 61.9 Å². The van der Waals surface area contributed by atoms with Gasteiger partial charge in [0.05, 0.1) is 22.2 Å². The normalized spacial score (nSPS) is 12.4. The van der Waals surface area contributed by atoms with Crippen LogP contribution in [-0.4, -0.2) is 30.4 Å². The van der Waals surface area contributed by atoms with Gasteiger partial charge in [0.15, 0.2) is 9.84 Å². The summed E-state index contributed by atoms with van der Waals surface area (Å²) in [4.78, 5) is 13.5. The maximum atomic E-state index is 13.4. The van der Waals surface area contributed by atoms with E-state index in [4.69, 9.17) is 0 Å². The van der Waals surface area contributed by atoms with E-state index in [0.29, 0.717) is 16.9 Å². The molecule has 1 aromatic heterocycles. The first-order valence-corrected chi connectivity index (χ1v) is 12.5. The Morgan fingerprint density at radius 2 is 1.71 bits per heavy atom. The number of nitrogens with zero attached hydrogens (tertiary/aromatic N) is 2. The van der Waals surface area contributed by atoms with Crippen LogP contribution in [0.15, 0.2) is 83.9 Å². The summed E-state index contributed by atoms with van der Waals surface area (Å²) in [6.45, 7) is 3.78. The van der Waals surface area contributed by atoms with Crippen molar-refractivity contribution in [1.29, 1.82) is 0 Å². The fourth-order valence-electron chi connectivity index (χ4n) is 3.63. The molecule has 4 aromatic rings. The van der Waals surface area contributed by atoms with Gasteiger partial charge in [-0.3, -0.25) is 4.79 Å². The van der Waals surface area contributed by atoms with Crippen LogP contribution in [-0.2, 0) is 9.84 Å². The number of halogens is 1. The first-order chi connectivity index (χ1) is 16.1. The van der Waals surface area contributed by atoms with Gasteiger partial charge in [-0.15, -0.1) is 0 Å². The lowest BCUT2D eigenvalue weighted by atomic mass is 10.0. The van der Waals surface area contributed by atoms with Crippen LogP contribution in [0.1, 0.15) is 34.5 Å².